The molecule has 0 saturated heterocycles. The third-order valence-corrected chi connectivity index (χ3v) is 3.73. The first-order chi connectivity index (χ1) is 8.49. The first-order valence-corrected chi connectivity index (χ1v) is 7.67. The van der Waals surface area contributed by atoms with E-state index in [2.05, 4.69) is 4.18 Å². The van der Waals surface area contributed by atoms with Gasteiger partial charge in [-0.05, 0) is 16.3 Å². The third-order valence-electron chi connectivity index (χ3n) is 1.94. The molecule has 0 atom stereocenters. The van der Waals surface area contributed by atoms with Crippen LogP contribution in [0.15, 0.2) is 18.2 Å². The van der Waals surface area contributed by atoms with Gasteiger partial charge in [0.25, 0.3) is 0 Å². The van der Waals surface area contributed by atoms with Crippen molar-refractivity contribution in [3.63, 3.8) is 0 Å². The lowest BCUT2D eigenvalue weighted by Crippen LogP contribution is -2.28. The summed E-state index contributed by atoms with van der Waals surface area (Å²) in [5.74, 6) is -1.65. The van der Waals surface area contributed by atoms with Crippen LogP contribution < -0.4 is 9.37 Å². The van der Waals surface area contributed by atoms with Crippen LogP contribution in [0.1, 0.15) is 31.1 Å². The molecule has 19 heavy (non-hydrogen) atoms. The second-order valence-corrected chi connectivity index (χ2v) is 8.18. The summed E-state index contributed by atoms with van der Waals surface area (Å²) >= 11 is 0. The maximum atomic E-state index is 11.1. The number of carboxylic acids is 1. The molecule has 0 aliphatic rings. The first-order valence-electron chi connectivity index (χ1n) is 5.31. The second-order valence-electron chi connectivity index (χ2n) is 4.87. The van der Waals surface area contributed by atoms with Crippen LogP contribution in [-0.2, 0) is 10.4 Å². The quantitative estimate of drug-likeness (QED) is 0.638. The Morgan fingerprint density at radius 3 is 2.32 bits per heavy atom. The van der Waals surface area contributed by atoms with Gasteiger partial charge in [0.1, 0.15) is 5.56 Å². The smallest absolute Gasteiger partial charge is 0.446 e. The number of hydrogen-bond donors (Lipinski definition) is 2. The van der Waals surface area contributed by atoms with Crippen LogP contribution in [0.25, 0.3) is 0 Å². The minimum Gasteiger partial charge on any atom is -0.478 e. The molecular formula is C11H14O6SSi. The topological polar surface area (TPSA) is 101 Å². The van der Waals surface area contributed by atoms with E-state index < -0.39 is 16.4 Å². The second kappa shape index (κ2) is 5.31. The lowest BCUT2D eigenvalue weighted by molar-refractivity contribution is 0.0695. The number of carboxylic acid groups (broad SMARTS) is 1. The van der Waals surface area contributed by atoms with Crippen molar-refractivity contribution in [1.82, 2.24) is 0 Å². The molecule has 1 aromatic carbocycles. The van der Waals surface area contributed by atoms with Gasteiger partial charge >= 0.3 is 16.4 Å². The average Bonchev–Trinajstić information content (AvgIpc) is 2.15. The predicted molar refractivity (Wildman–Crippen MR) is 70.7 cm³/mol. The average molecular weight is 302 g/mol. The summed E-state index contributed by atoms with van der Waals surface area (Å²) in [6.07, 6.45) is 0. The molecule has 0 saturated carbocycles. The molecule has 0 spiro atoms. The van der Waals surface area contributed by atoms with Crippen LogP contribution >= 0.6 is 0 Å². The Morgan fingerprint density at radius 2 is 1.89 bits per heavy atom. The predicted octanol–water partition coefficient (Wildman–Crippen LogP) is 1.11. The molecule has 0 fully saturated rings. The standard InChI is InChI=1S/C11H14O6SSi/c1-11(2,3)19-8-6-4-5-7(10(12)13)9(8)17-18(14,15)16/h4-6H,1-3H3,(H,12,13)(H,14,15,16). The maximum Gasteiger partial charge on any atom is 0.446 e. The highest BCUT2D eigenvalue weighted by atomic mass is 32.3. The lowest BCUT2D eigenvalue weighted by atomic mass is 10.2. The molecule has 104 valence electrons. The number of rotatable bonds is 4. The lowest BCUT2D eigenvalue weighted by Gasteiger charge is -2.19. The molecule has 0 amide bonds. The van der Waals surface area contributed by atoms with Crippen molar-refractivity contribution < 1.29 is 27.1 Å². The van der Waals surface area contributed by atoms with E-state index in [4.69, 9.17) is 9.66 Å². The number of para-hydroxylation sites is 1. The van der Waals surface area contributed by atoms with Gasteiger partial charge in [-0.15, -0.1) is 0 Å². The maximum absolute atomic E-state index is 11.1. The van der Waals surface area contributed by atoms with Gasteiger partial charge in [-0.1, -0.05) is 32.9 Å². The molecule has 0 bridgehead atoms. The fourth-order valence-corrected chi connectivity index (χ4v) is 3.15. The molecule has 0 unspecified atom stereocenters. The van der Waals surface area contributed by atoms with E-state index in [9.17, 15) is 13.2 Å². The fraction of sp³-hybridized carbons (Fsp3) is 0.364. The van der Waals surface area contributed by atoms with E-state index in [0.717, 1.165) is 0 Å². The van der Waals surface area contributed by atoms with E-state index in [1.165, 1.54) is 12.1 Å². The molecule has 1 aromatic rings. The molecule has 2 radical (unpaired) electrons. The molecule has 6 nitrogen and oxygen atoms in total. The molecule has 8 heteroatoms. The van der Waals surface area contributed by atoms with Crippen molar-refractivity contribution in [2.45, 2.75) is 25.8 Å². The SMILES string of the molecule is CC(C)(C)[Si]c1cccc(C(=O)O)c1OS(=O)(=O)O. The van der Waals surface area contributed by atoms with Crippen molar-refractivity contribution in [1.29, 1.82) is 0 Å². The van der Waals surface area contributed by atoms with Gasteiger partial charge in [0.2, 0.25) is 0 Å². The molecule has 0 aromatic heterocycles. The zero-order chi connectivity index (χ0) is 14.8. The highest BCUT2D eigenvalue weighted by Crippen LogP contribution is 2.24. The van der Waals surface area contributed by atoms with Crippen molar-refractivity contribution in [2.24, 2.45) is 0 Å². The Balaban J connectivity index is 3.38. The fourth-order valence-electron chi connectivity index (χ4n) is 1.40. The highest BCUT2D eigenvalue weighted by molar-refractivity contribution is 7.81. The van der Waals surface area contributed by atoms with Gasteiger partial charge in [-0.2, -0.15) is 8.42 Å². The van der Waals surface area contributed by atoms with Crippen LogP contribution in [0.2, 0.25) is 5.04 Å². The Morgan fingerprint density at radius 1 is 1.32 bits per heavy atom. The minimum absolute atomic E-state index is 0.124. The van der Waals surface area contributed by atoms with Crippen molar-refractivity contribution >= 4 is 31.1 Å². The molecule has 2 N–H and O–H groups in total. The number of carbonyl (C=O) groups is 1. The van der Waals surface area contributed by atoms with Gasteiger partial charge in [-0.25, -0.2) is 4.79 Å². The van der Waals surface area contributed by atoms with Crippen LogP contribution in [-0.4, -0.2) is 33.6 Å². The number of hydrogen-bond acceptors (Lipinski definition) is 4. The zero-order valence-electron chi connectivity index (χ0n) is 10.7. The van der Waals surface area contributed by atoms with Gasteiger partial charge < -0.3 is 9.29 Å². The summed E-state index contributed by atoms with van der Waals surface area (Å²) in [5.41, 5.74) is -0.299. The zero-order valence-corrected chi connectivity index (χ0v) is 12.5. The Bertz CT molecular complexity index is 588. The summed E-state index contributed by atoms with van der Waals surface area (Å²) in [4.78, 5) is 11.1. The van der Waals surface area contributed by atoms with E-state index in [1.54, 1.807) is 6.07 Å². The number of benzene rings is 1. The normalized spacial score (nSPS) is 12.2. The molecule has 0 aliphatic carbocycles. The summed E-state index contributed by atoms with van der Waals surface area (Å²) in [6.45, 7) is 5.78. The van der Waals surface area contributed by atoms with Gasteiger partial charge in [0.15, 0.2) is 5.75 Å². The largest absolute Gasteiger partial charge is 0.478 e. The monoisotopic (exact) mass is 302 g/mol. The molecular weight excluding hydrogens is 288 g/mol. The van der Waals surface area contributed by atoms with Crippen molar-refractivity contribution in [3.05, 3.63) is 23.8 Å². The van der Waals surface area contributed by atoms with Crippen LogP contribution in [0.4, 0.5) is 0 Å². The molecule has 0 aliphatic heterocycles. The minimum atomic E-state index is -4.77. The Labute approximate surface area is 114 Å². The van der Waals surface area contributed by atoms with Crippen molar-refractivity contribution in [2.75, 3.05) is 0 Å². The first kappa shape index (κ1) is 15.7. The van der Waals surface area contributed by atoms with E-state index in [-0.39, 0.29) is 25.9 Å². The van der Waals surface area contributed by atoms with Gasteiger partial charge in [0.05, 0.1) is 9.52 Å². The van der Waals surface area contributed by atoms with E-state index in [0.29, 0.717) is 5.19 Å². The van der Waals surface area contributed by atoms with Crippen LogP contribution in [0.5, 0.6) is 5.75 Å². The highest BCUT2D eigenvalue weighted by Gasteiger charge is 2.23. The van der Waals surface area contributed by atoms with Crippen LogP contribution in [0, 0.1) is 0 Å². The Hall–Kier alpha value is -1.38. The summed E-state index contributed by atoms with van der Waals surface area (Å²) in [6, 6.07) is 4.31. The summed E-state index contributed by atoms with van der Waals surface area (Å²) < 4.78 is 34.9. The van der Waals surface area contributed by atoms with E-state index in [1.807, 2.05) is 20.8 Å². The van der Waals surface area contributed by atoms with Crippen LogP contribution in [0.3, 0.4) is 0 Å². The number of aromatic carboxylic acids is 1. The van der Waals surface area contributed by atoms with E-state index >= 15 is 0 Å². The van der Waals surface area contributed by atoms with Gasteiger partial charge in [-0.3, -0.25) is 4.55 Å². The van der Waals surface area contributed by atoms with Crippen molar-refractivity contribution in [3.8, 4) is 5.75 Å². The third kappa shape index (κ3) is 5.01. The summed E-state index contributed by atoms with van der Waals surface area (Å²) in [7, 11) is -4.65. The van der Waals surface area contributed by atoms with Gasteiger partial charge in [0, 0.05) is 0 Å². The molecule has 0 heterocycles. The molecule has 1 rings (SSSR count). The summed E-state index contributed by atoms with van der Waals surface area (Å²) in [5, 5.41) is 9.29. The Kier molecular flexibility index (Phi) is 4.38.